The molecule has 62 heavy (non-hydrogen) atoms. The van der Waals surface area contributed by atoms with Gasteiger partial charge < -0.3 is 41.1 Å². The van der Waals surface area contributed by atoms with Crippen molar-refractivity contribution in [2.45, 2.75) is 77.9 Å². The number of aliphatic carboxylic acids is 1. The highest BCUT2D eigenvalue weighted by atomic mass is 32.1. The molecular formula is C36H50F6N10O9S. The second-order valence-corrected chi connectivity index (χ2v) is 12.0. The monoisotopic (exact) mass is 912 g/mol. The molecule has 26 heteroatoms. The molecule has 0 fully saturated rings. The van der Waals surface area contributed by atoms with Gasteiger partial charge in [-0.3, -0.25) is 19.2 Å². The number of rotatable bonds is 8. The summed E-state index contributed by atoms with van der Waals surface area (Å²) in [5.41, 5.74) is 15.0. The van der Waals surface area contributed by atoms with Crippen molar-refractivity contribution < 1.29 is 69.3 Å². The van der Waals surface area contributed by atoms with E-state index in [2.05, 4.69) is 53.8 Å². The zero-order chi connectivity index (χ0) is 47.1. The van der Waals surface area contributed by atoms with Crippen LogP contribution >= 0.6 is 12.6 Å². The van der Waals surface area contributed by atoms with Crippen LogP contribution in [-0.2, 0) is 35.2 Å². The smallest absolute Gasteiger partial charge is 0.416 e. The molecule has 2 aromatic heterocycles. The second-order valence-electron chi connectivity index (χ2n) is 11.3. The number of aromatic nitrogens is 3. The minimum atomic E-state index is -4.64. The van der Waals surface area contributed by atoms with E-state index >= 15 is 0 Å². The number of Topliss-reactive ketones (excluding diaryl/α,β-unsaturated/α-hetero) is 1. The maximum atomic E-state index is 12.6. The summed E-state index contributed by atoms with van der Waals surface area (Å²) in [5, 5.41) is 23.5. The fourth-order valence-electron chi connectivity index (χ4n) is 4.89. The Kier molecular flexibility index (Phi) is 26.8. The maximum absolute atomic E-state index is 12.6. The van der Waals surface area contributed by atoms with Gasteiger partial charge >= 0.3 is 18.3 Å². The van der Waals surface area contributed by atoms with Crippen molar-refractivity contribution in [3.8, 4) is 0 Å². The van der Waals surface area contributed by atoms with Crippen LogP contribution in [0.3, 0.4) is 0 Å². The van der Waals surface area contributed by atoms with E-state index in [1.54, 1.807) is 26.4 Å². The van der Waals surface area contributed by atoms with Crippen molar-refractivity contribution >= 4 is 42.1 Å². The molecule has 6 heterocycles. The number of halogens is 6. The lowest BCUT2D eigenvalue weighted by Gasteiger charge is -2.14. The van der Waals surface area contributed by atoms with Crippen LogP contribution in [0, 0.1) is 6.92 Å². The molecule has 0 aromatic carbocycles. The van der Waals surface area contributed by atoms with Crippen molar-refractivity contribution in [3.63, 3.8) is 0 Å². The number of primary amides is 1. The van der Waals surface area contributed by atoms with E-state index < -0.39 is 71.1 Å². The van der Waals surface area contributed by atoms with Gasteiger partial charge in [0.15, 0.2) is 11.5 Å². The third-order valence-electron chi connectivity index (χ3n) is 7.46. The fourth-order valence-corrected chi connectivity index (χ4v) is 4.89. The van der Waals surface area contributed by atoms with Gasteiger partial charge in [-0.15, -0.1) is 5.10 Å². The number of nitrogens with two attached hydrogens (primary N) is 2. The number of nitrogens with zero attached hydrogens (tertiary/aromatic N) is 6. The summed E-state index contributed by atoms with van der Waals surface area (Å²) in [5.74, 6) is -2.25. The van der Waals surface area contributed by atoms with Crippen LogP contribution in [0.2, 0.25) is 0 Å². The number of hydrogen-bond acceptors (Lipinski definition) is 13. The Balaban J connectivity index is 0. The number of ketones is 1. The summed E-state index contributed by atoms with van der Waals surface area (Å²) >= 11 is 3.79. The summed E-state index contributed by atoms with van der Waals surface area (Å²) in [6, 6.07) is 3.67. The number of alkyl halides is 6. The number of ether oxygens (including phenoxy) is 2. The normalized spacial score (nSPS) is 18.0. The van der Waals surface area contributed by atoms with Gasteiger partial charge in [0.05, 0.1) is 34.9 Å². The third kappa shape index (κ3) is 18.0. The van der Waals surface area contributed by atoms with Crippen LogP contribution in [0.4, 0.5) is 26.3 Å². The highest BCUT2D eigenvalue weighted by Gasteiger charge is 2.52. The first kappa shape index (κ1) is 58.1. The first-order valence-corrected chi connectivity index (χ1v) is 18.1. The number of carbonyl (C=O) groups is 5. The fraction of sp³-hybridized carbons (Fsp3) is 0.472. The molecule has 4 aliphatic rings. The van der Waals surface area contributed by atoms with Crippen molar-refractivity contribution in [3.05, 3.63) is 93.1 Å². The van der Waals surface area contributed by atoms with Crippen LogP contribution in [0.15, 0.2) is 80.8 Å². The minimum absolute atomic E-state index is 0. The van der Waals surface area contributed by atoms with E-state index in [1.807, 2.05) is 19.1 Å². The molecule has 4 bridgehead atoms. The Labute approximate surface area is 357 Å². The quantitative estimate of drug-likeness (QED) is 0.0539. The standard InChI is InChI=1S/C10H9F3O2.C8H5F3O3.C7H11N5O2.C4H4O.C3H6N4O.C2H6S.CH5N.CH4/c1-2-5(14)8-6-3-4-7(15-6)9(8)10(11,12)13;9-8(10,11)6-4-2-1-3(14-4)5(6)7(12)13;1-4-6(7(8)14)10-11-12(4)3-5(13)9-2;1-2-4-5-3-1;1-5-3(8)2-6-7-4;1-2-3;1-2;/h3-4,6-7H,2H2,1H3;1-4H,(H,12,13);3H2,1-2H3,(H2,8,14)(H,9,13);1-4H;2H2,1H3,(H,5,8);3H,2H2,1H3;2H2,1H3;1H4. The van der Waals surface area contributed by atoms with Gasteiger partial charge in [-0.05, 0) is 37.4 Å². The molecule has 19 nitrogen and oxygen atoms in total. The van der Waals surface area contributed by atoms with Crippen LogP contribution in [0.25, 0.3) is 10.4 Å². The number of carboxylic acids is 1. The summed E-state index contributed by atoms with van der Waals surface area (Å²) in [6.45, 7) is 5.07. The third-order valence-corrected chi connectivity index (χ3v) is 7.46. The average Bonchev–Trinajstić information content (AvgIpc) is 4.08. The van der Waals surface area contributed by atoms with Gasteiger partial charge in [-0.2, -0.15) is 39.0 Å². The van der Waals surface area contributed by atoms with Gasteiger partial charge in [-0.1, -0.05) is 55.9 Å². The minimum Gasteiger partial charge on any atom is -0.478 e. The van der Waals surface area contributed by atoms with Gasteiger partial charge in [0.2, 0.25) is 11.8 Å². The number of amides is 3. The van der Waals surface area contributed by atoms with Crippen molar-refractivity contribution in [1.82, 2.24) is 25.6 Å². The maximum Gasteiger partial charge on any atom is 0.416 e. The number of azide groups is 1. The summed E-state index contributed by atoms with van der Waals surface area (Å²) in [7, 11) is 4.50. The molecule has 0 spiro atoms. The zero-order valence-electron chi connectivity index (χ0n) is 33.5. The molecule has 3 amide bonds. The molecule has 0 aliphatic carbocycles. The molecule has 0 saturated carbocycles. The molecule has 0 saturated heterocycles. The van der Waals surface area contributed by atoms with Crippen molar-refractivity contribution in [1.29, 1.82) is 0 Å². The van der Waals surface area contributed by atoms with Crippen molar-refractivity contribution in [2.24, 2.45) is 16.6 Å². The van der Waals surface area contributed by atoms with Gasteiger partial charge in [-0.25, -0.2) is 9.48 Å². The average molecular weight is 913 g/mol. The van der Waals surface area contributed by atoms with E-state index in [-0.39, 0.29) is 50.0 Å². The highest BCUT2D eigenvalue weighted by molar-refractivity contribution is 7.80. The first-order valence-electron chi connectivity index (χ1n) is 17.5. The predicted molar refractivity (Wildman–Crippen MR) is 215 cm³/mol. The topological polar surface area (TPSA) is 293 Å². The number of likely N-dealkylation sites (N-methyl/N-ethyl adjacent to an activating group) is 2. The largest absolute Gasteiger partial charge is 0.478 e. The number of thiol groups is 1. The Hall–Kier alpha value is -5.95. The van der Waals surface area contributed by atoms with Gasteiger partial charge in [0, 0.05) is 31.0 Å². The summed E-state index contributed by atoms with van der Waals surface area (Å²) < 4.78 is 90.8. The zero-order valence-corrected chi connectivity index (χ0v) is 34.4. The molecule has 6 rings (SSSR count). The lowest BCUT2D eigenvalue weighted by atomic mass is 9.92. The second kappa shape index (κ2) is 28.6. The number of hydrogen-bond donors (Lipinski definition) is 6. The Morgan fingerprint density at radius 1 is 0.887 bits per heavy atom. The van der Waals surface area contributed by atoms with E-state index in [4.69, 9.17) is 25.8 Å². The highest BCUT2D eigenvalue weighted by Crippen LogP contribution is 2.44. The SMILES string of the molecule is C.CCC(=O)C1=C(C(F)(F)F)C2C=CC1O2.CCS.CN.CNC(=O)CN=[N+]=[N-].CNC(=O)Cn1nnc(C(N)=O)c1C.O=C(O)C1=C(C(F)(F)F)C2C=CC1O2.c1ccoc1. The lowest BCUT2D eigenvalue weighted by molar-refractivity contribution is -0.134. The molecule has 0 radical (unpaired) electrons. The number of nitrogens with one attached hydrogen (secondary N) is 2. The number of carboxylic acid groups (broad SMARTS) is 1. The molecular weight excluding hydrogens is 863 g/mol. The number of carbonyl (C=O) groups excluding carboxylic acids is 4. The molecule has 4 unspecified atom stereocenters. The molecule has 4 atom stereocenters. The van der Waals surface area contributed by atoms with Gasteiger partial charge in [0.25, 0.3) is 5.91 Å². The summed E-state index contributed by atoms with van der Waals surface area (Å²) in [4.78, 5) is 56.3. The van der Waals surface area contributed by atoms with Gasteiger partial charge in [0.1, 0.15) is 37.5 Å². The van der Waals surface area contributed by atoms with E-state index in [0.717, 1.165) is 5.75 Å². The van der Waals surface area contributed by atoms with Crippen LogP contribution < -0.4 is 22.1 Å². The molecule has 346 valence electrons. The first-order chi connectivity index (χ1) is 28.6. The van der Waals surface area contributed by atoms with E-state index in [0.29, 0.717) is 5.69 Å². The van der Waals surface area contributed by atoms with E-state index in [9.17, 15) is 50.3 Å². The van der Waals surface area contributed by atoms with Crippen LogP contribution in [0.1, 0.15) is 43.9 Å². The van der Waals surface area contributed by atoms with Crippen LogP contribution in [-0.4, -0.2) is 120 Å². The Bertz CT molecular complexity index is 1930. The lowest BCUT2D eigenvalue weighted by Crippen LogP contribution is -2.24. The Morgan fingerprint density at radius 2 is 1.32 bits per heavy atom. The summed E-state index contributed by atoms with van der Waals surface area (Å²) in [6.07, 6.45) is -4.58. The molecule has 7 N–H and O–H groups in total. The Morgan fingerprint density at radius 3 is 1.65 bits per heavy atom. The van der Waals surface area contributed by atoms with Crippen molar-refractivity contribution in [2.75, 3.05) is 33.4 Å². The number of fused-ring (bicyclic) bond motifs is 4. The predicted octanol–water partition coefficient (Wildman–Crippen LogP) is 4.33. The molecule has 2 aromatic rings. The molecule has 4 aliphatic heterocycles. The van der Waals surface area contributed by atoms with Crippen LogP contribution in [0.5, 0.6) is 0 Å². The number of furan rings is 1. The van der Waals surface area contributed by atoms with E-state index in [1.165, 1.54) is 50.1 Å².